The Morgan fingerprint density at radius 1 is 1.12 bits per heavy atom. The fourth-order valence-corrected chi connectivity index (χ4v) is 2.56. The molecule has 0 saturated heterocycles. The number of nitrogens with zero attached hydrogens (tertiary/aromatic N) is 1. The fourth-order valence-electron chi connectivity index (χ4n) is 2.56. The van der Waals surface area contributed by atoms with Crippen LogP contribution < -0.4 is 14.2 Å². The number of pyridine rings is 1. The minimum Gasteiger partial charge on any atom is -0.495 e. The third-order valence-corrected chi connectivity index (χ3v) is 4.06. The molecule has 3 aromatic rings. The molecule has 134 valence electrons. The Kier molecular flexibility index (Phi) is 4.45. The fraction of sp³-hybridized carbons (Fsp3) is 0.389. The average molecular weight is 347 g/mol. The number of benzene rings is 1. The van der Waals surface area contributed by atoms with Crippen LogP contribution in [0.5, 0.6) is 17.2 Å². The van der Waals surface area contributed by atoms with Crippen molar-refractivity contribution in [1.82, 2.24) is 4.98 Å². The molecule has 0 radical (unpaired) electrons. The zero-order valence-corrected chi connectivity index (χ0v) is 14.6. The SMILES string of the molecule is COc1c2ccoc2nc2c(OC)c(OC[C@H](O)C(C)(C)O)ccc12. The van der Waals surface area contributed by atoms with Crippen LogP contribution in [0.3, 0.4) is 0 Å². The van der Waals surface area contributed by atoms with E-state index in [0.717, 1.165) is 10.8 Å². The van der Waals surface area contributed by atoms with Crippen LogP contribution >= 0.6 is 0 Å². The van der Waals surface area contributed by atoms with Crippen molar-refractivity contribution in [3.8, 4) is 17.2 Å². The zero-order valence-electron chi connectivity index (χ0n) is 14.6. The van der Waals surface area contributed by atoms with Gasteiger partial charge in [-0.1, -0.05) is 0 Å². The number of fused-ring (bicyclic) bond motifs is 2. The van der Waals surface area contributed by atoms with E-state index >= 15 is 0 Å². The number of aliphatic hydroxyl groups is 2. The van der Waals surface area contributed by atoms with Gasteiger partial charge in [-0.25, -0.2) is 4.98 Å². The summed E-state index contributed by atoms with van der Waals surface area (Å²) in [7, 11) is 3.09. The number of aliphatic hydroxyl groups excluding tert-OH is 1. The van der Waals surface area contributed by atoms with Crippen molar-refractivity contribution in [3.63, 3.8) is 0 Å². The number of aromatic nitrogens is 1. The van der Waals surface area contributed by atoms with Crippen molar-refractivity contribution in [2.75, 3.05) is 20.8 Å². The van der Waals surface area contributed by atoms with Gasteiger partial charge in [0.15, 0.2) is 11.5 Å². The maximum Gasteiger partial charge on any atom is 0.230 e. The molecule has 2 aromatic heterocycles. The smallest absolute Gasteiger partial charge is 0.230 e. The predicted octanol–water partition coefficient (Wildman–Crippen LogP) is 2.51. The molecule has 0 spiro atoms. The van der Waals surface area contributed by atoms with Crippen LogP contribution in [0.1, 0.15) is 13.8 Å². The molecule has 0 bridgehead atoms. The van der Waals surface area contributed by atoms with Crippen molar-refractivity contribution in [1.29, 1.82) is 0 Å². The van der Waals surface area contributed by atoms with Gasteiger partial charge < -0.3 is 28.8 Å². The van der Waals surface area contributed by atoms with Crippen LogP contribution in [0.4, 0.5) is 0 Å². The average Bonchev–Trinajstić information content (AvgIpc) is 3.04. The molecule has 2 N–H and O–H groups in total. The molecule has 7 heteroatoms. The molecule has 2 heterocycles. The number of rotatable bonds is 6. The number of ether oxygens (including phenoxy) is 3. The summed E-state index contributed by atoms with van der Waals surface area (Å²) in [6.45, 7) is 2.93. The lowest BCUT2D eigenvalue weighted by Gasteiger charge is -2.24. The van der Waals surface area contributed by atoms with Crippen molar-refractivity contribution < 1.29 is 28.8 Å². The highest BCUT2D eigenvalue weighted by Gasteiger charge is 2.26. The van der Waals surface area contributed by atoms with Gasteiger partial charge >= 0.3 is 0 Å². The largest absolute Gasteiger partial charge is 0.495 e. The summed E-state index contributed by atoms with van der Waals surface area (Å²) < 4.78 is 22.0. The Morgan fingerprint density at radius 3 is 2.48 bits per heavy atom. The van der Waals surface area contributed by atoms with Crippen LogP contribution in [0, 0.1) is 0 Å². The van der Waals surface area contributed by atoms with Gasteiger partial charge in [0.25, 0.3) is 0 Å². The minimum absolute atomic E-state index is 0.0918. The minimum atomic E-state index is -1.27. The maximum absolute atomic E-state index is 9.95. The highest BCUT2D eigenvalue weighted by Crippen LogP contribution is 2.41. The Hall–Kier alpha value is -2.51. The quantitative estimate of drug-likeness (QED) is 0.707. The molecule has 7 nitrogen and oxygen atoms in total. The number of hydrogen-bond acceptors (Lipinski definition) is 7. The van der Waals surface area contributed by atoms with Gasteiger partial charge in [-0.05, 0) is 32.0 Å². The van der Waals surface area contributed by atoms with Crippen molar-refractivity contribution in [3.05, 3.63) is 24.5 Å². The number of hydrogen-bond donors (Lipinski definition) is 2. The lowest BCUT2D eigenvalue weighted by atomic mass is 10.0. The summed E-state index contributed by atoms with van der Waals surface area (Å²) >= 11 is 0. The van der Waals surface area contributed by atoms with Gasteiger partial charge in [0.1, 0.15) is 24.0 Å². The van der Waals surface area contributed by atoms with E-state index in [1.807, 2.05) is 6.07 Å². The second-order valence-corrected chi connectivity index (χ2v) is 6.26. The molecule has 3 rings (SSSR count). The summed E-state index contributed by atoms with van der Waals surface area (Å²) in [5.74, 6) is 1.44. The summed E-state index contributed by atoms with van der Waals surface area (Å²) in [6, 6.07) is 5.31. The van der Waals surface area contributed by atoms with E-state index in [9.17, 15) is 10.2 Å². The van der Waals surface area contributed by atoms with E-state index < -0.39 is 11.7 Å². The third-order valence-electron chi connectivity index (χ3n) is 4.06. The van der Waals surface area contributed by atoms with Crippen LogP contribution in [0.15, 0.2) is 28.9 Å². The van der Waals surface area contributed by atoms with Gasteiger partial charge in [0.2, 0.25) is 5.71 Å². The van der Waals surface area contributed by atoms with Crippen LogP contribution in [-0.4, -0.2) is 47.7 Å². The van der Waals surface area contributed by atoms with Crippen molar-refractivity contribution in [2.45, 2.75) is 25.6 Å². The number of methoxy groups -OCH3 is 2. The molecular weight excluding hydrogens is 326 g/mol. The van der Waals surface area contributed by atoms with E-state index in [0.29, 0.717) is 28.5 Å². The summed E-state index contributed by atoms with van der Waals surface area (Å²) in [4.78, 5) is 4.49. The molecular formula is C18H21NO6. The Bertz CT molecular complexity index is 896. The molecule has 0 aliphatic rings. The maximum atomic E-state index is 9.95. The Morgan fingerprint density at radius 2 is 1.84 bits per heavy atom. The Labute approximate surface area is 144 Å². The first-order valence-corrected chi connectivity index (χ1v) is 7.82. The van der Waals surface area contributed by atoms with Gasteiger partial charge in [-0.2, -0.15) is 0 Å². The van der Waals surface area contributed by atoms with E-state index in [2.05, 4.69) is 4.98 Å². The molecule has 0 aliphatic carbocycles. The third kappa shape index (κ3) is 3.08. The van der Waals surface area contributed by atoms with Gasteiger partial charge in [0, 0.05) is 5.39 Å². The van der Waals surface area contributed by atoms with Gasteiger partial charge in [-0.3, -0.25) is 0 Å². The monoisotopic (exact) mass is 347 g/mol. The Balaban J connectivity index is 2.08. The normalized spacial score (nSPS) is 13.2. The molecule has 0 unspecified atom stereocenters. The second kappa shape index (κ2) is 6.42. The summed E-state index contributed by atoms with van der Waals surface area (Å²) in [5.41, 5.74) is -0.320. The van der Waals surface area contributed by atoms with Crippen LogP contribution in [0.2, 0.25) is 0 Å². The molecule has 0 amide bonds. The predicted molar refractivity (Wildman–Crippen MR) is 92.4 cm³/mol. The molecule has 0 aliphatic heterocycles. The van der Waals surface area contributed by atoms with E-state index in [1.165, 1.54) is 21.0 Å². The zero-order chi connectivity index (χ0) is 18.2. The summed E-state index contributed by atoms with van der Waals surface area (Å²) in [6.07, 6.45) is 0.491. The van der Waals surface area contributed by atoms with Gasteiger partial charge in [-0.15, -0.1) is 0 Å². The molecule has 25 heavy (non-hydrogen) atoms. The standard InChI is InChI=1S/C18H21NO6/c1-18(2,21)13(20)9-25-12-6-5-10-14(16(12)23-4)19-17-11(7-8-24-17)15(10)22-3/h5-8,13,20-21H,9H2,1-4H3/t13-/m0/s1. The molecule has 0 saturated carbocycles. The topological polar surface area (TPSA) is 94.2 Å². The molecule has 0 fully saturated rings. The highest BCUT2D eigenvalue weighted by atomic mass is 16.5. The van der Waals surface area contributed by atoms with Crippen molar-refractivity contribution >= 4 is 22.0 Å². The lowest BCUT2D eigenvalue weighted by molar-refractivity contribution is -0.0663. The number of furan rings is 1. The van der Waals surface area contributed by atoms with Crippen LogP contribution in [0.25, 0.3) is 22.0 Å². The summed E-state index contributed by atoms with van der Waals surface area (Å²) in [5, 5.41) is 21.3. The highest BCUT2D eigenvalue weighted by molar-refractivity contribution is 6.02. The molecule has 1 atom stereocenters. The van der Waals surface area contributed by atoms with Crippen molar-refractivity contribution in [2.24, 2.45) is 0 Å². The first-order valence-electron chi connectivity index (χ1n) is 7.82. The van der Waals surface area contributed by atoms with Crippen LogP contribution in [-0.2, 0) is 0 Å². The first kappa shape index (κ1) is 17.3. The second-order valence-electron chi connectivity index (χ2n) is 6.26. The van der Waals surface area contributed by atoms with E-state index in [4.69, 9.17) is 18.6 Å². The first-order chi connectivity index (χ1) is 11.9. The molecule has 1 aromatic carbocycles. The lowest BCUT2D eigenvalue weighted by Crippen LogP contribution is -2.40. The van der Waals surface area contributed by atoms with E-state index in [-0.39, 0.29) is 6.61 Å². The van der Waals surface area contributed by atoms with E-state index in [1.54, 1.807) is 25.5 Å². The van der Waals surface area contributed by atoms with Gasteiger partial charge in [0.05, 0.1) is 31.5 Å².